The number of hydrogen-bond acceptors (Lipinski definition) is 3. The number of nitrogens with two attached hydrogens (primary N) is 1. The van der Waals surface area contributed by atoms with Gasteiger partial charge in [-0.15, -0.1) is 0 Å². The van der Waals surface area contributed by atoms with Crippen molar-refractivity contribution in [2.24, 2.45) is 5.73 Å². The summed E-state index contributed by atoms with van der Waals surface area (Å²) in [5, 5.41) is 0. The summed E-state index contributed by atoms with van der Waals surface area (Å²) in [5.74, 6) is 0.681. The lowest BCUT2D eigenvalue weighted by molar-refractivity contribution is -0.135. The predicted molar refractivity (Wildman–Crippen MR) is 75.1 cm³/mol. The number of aryl methyl sites for hydroxylation is 1. The Kier molecular flexibility index (Phi) is 4.10. The standard InChI is InChI=1S/C15H22N2O2/c1-10(15(18)17(2)3)19-12-8-7-11-5-4-6-14(16)13(11)9-12/h7-10,14H,4-6,16H2,1-3H3. The van der Waals surface area contributed by atoms with Crippen molar-refractivity contribution < 1.29 is 9.53 Å². The molecule has 2 N–H and O–H groups in total. The van der Waals surface area contributed by atoms with Crippen LogP contribution in [0.25, 0.3) is 0 Å². The average Bonchev–Trinajstić information content (AvgIpc) is 2.38. The molecule has 104 valence electrons. The number of carbonyl (C=O) groups excluding carboxylic acids is 1. The van der Waals surface area contributed by atoms with E-state index in [-0.39, 0.29) is 11.9 Å². The van der Waals surface area contributed by atoms with Gasteiger partial charge in [-0.3, -0.25) is 4.79 Å². The van der Waals surface area contributed by atoms with E-state index in [0.717, 1.165) is 30.6 Å². The minimum atomic E-state index is -0.479. The monoisotopic (exact) mass is 262 g/mol. The summed E-state index contributed by atoms with van der Waals surface area (Å²) in [4.78, 5) is 13.3. The molecule has 2 unspecified atom stereocenters. The van der Waals surface area contributed by atoms with E-state index < -0.39 is 6.10 Å². The maximum atomic E-state index is 11.8. The fourth-order valence-corrected chi connectivity index (χ4v) is 2.51. The van der Waals surface area contributed by atoms with Crippen molar-refractivity contribution in [1.29, 1.82) is 0 Å². The fourth-order valence-electron chi connectivity index (χ4n) is 2.51. The van der Waals surface area contributed by atoms with Crippen LogP contribution in [0, 0.1) is 0 Å². The summed E-state index contributed by atoms with van der Waals surface area (Å²) in [6.45, 7) is 1.77. The number of rotatable bonds is 3. The van der Waals surface area contributed by atoms with Gasteiger partial charge in [-0.05, 0) is 49.4 Å². The normalized spacial score (nSPS) is 19.5. The molecule has 4 nitrogen and oxygen atoms in total. The molecular formula is C15H22N2O2. The largest absolute Gasteiger partial charge is 0.481 e. The molecule has 1 aliphatic rings. The number of fused-ring (bicyclic) bond motifs is 1. The molecule has 19 heavy (non-hydrogen) atoms. The van der Waals surface area contributed by atoms with Gasteiger partial charge in [-0.25, -0.2) is 0 Å². The third kappa shape index (κ3) is 3.07. The first-order chi connectivity index (χ1) is 8.99. The van der Waals surface area contributed by atoms with Crippen molar-refractivity contribution >= 4 is 5.91 Å². The Bertz CT molecular complexity index is 471. The van der Waals surface area contributed by atoms with Gasteiger partial charge < -0.3 is 15.4 Å². The van der Waals surface area contributed by atoms with Crippen molar-refractivity contribution in [3.8, 4) is 5.75 Å². The molecule has 1 aliphatic carbocycles. The van der Waals surface area contributed by atoms with Crippen molar-refractivity contribution in [3.63, 3.8) is 0 Å². The lowest BCUT2D eigenvalue weighted by Gasteiger charge is -2.24. The molecule has 0 aliphatic heterocycles. The molecule has 0 fully saturated rings. The van der Waals surface area contributed by atoms with Gasteiger partial charge in [0.05, 0.1) is 0 Å². The zero-order chi connectivity index (χ0) is 14.0. The van der Waals surface area contributed by atoms with E-state index in [2.05, 4.69) is 6.07 Å². The topological polar surface area (TPSA) is 55.6 Å². The van der Waals surface area contributed by atoms with Crippen LogP contribution >= 0.6 is 0 Å². The molecule has 0 heterocycles. The average molecular weight is 262 g/mol. The molecule has 2 rings (SSSR count). The molecule has 1 aromatic carbocycles. The van der Waals surface area contributed by atoms with E-state index in [4.69, 9.17) is 10.5 Å². The van der Waals surface area contributed by atoms with Crippen molar-refractivity contribution in [2.45, 2.75) is 38.3 Å². The number of benzene rings is 1. The molecule has 2 atom stereocenters. The molecule has 0 bridgehead atoms. The first-order valence-electron chi connectivity index (χ1n) is 6.75. The Morgan fingerprint density at radius 3 is 2.89 bits per heavy atom. The summed E-state index contributed by atoms with van der Waals surface area (Å²) in [7, 11) is 3.45. The molecule has 0 radical (unpaired) electrons. The highest BCUT2D eigenvalue weighted by atomic mass is 16.5. The highest BCUT2D eigenvalue weighted by Crippen LogP contribution is 2.31. The zero-order valence-electron chi connectivity index (χ0n) is 11.8. The molecular weight excluding hydrogens is 240 g/mol. The van der Waals surface area contributed by atoms with Crippen LogP contribution in [0.4, 0.5) is 0 Å². The first kappa shape index (κ1) is 13.9. The second-order valence-electron chi connectivity index (χ2n) is 5.35. The van der Waals surface area contributed by atoms with Gasteiger partial charge in [0.15, 0.2) is 6.10 Å². The Labute approximate surface area is 114 Å². The Morgan fingerprint density at radius 1 is 1.47 bits per heavy atom. The number of ether oxygens (including phenoxy) is 1. The number of hydrogen-bond donors (Lipinski definition) is 1. The van der Waals surface area contributed by atoms with Crippen molar-refractivity contribution in [1.82, 2.24) is 4.90 Å². The van der Waals surface area contributed by atoms with Crippen LogP contribution in [-0.4, -0.2) is 31.0 Å². The zero-order valence-corrected chi connectivity index (χ0v) is 11.8. The van der Waals surface area contributed by atoms with E-state index >= 15 is 0 Å². The van der Waals surface area contributed by atoms with Crippen LogP contribution < -0.4 is 10.5 Å². The third-order valence-corrected chi connectivity index (χ3v) is 3.58. The second kappa shape index (κ2) is 5.61. The van der Waals surface area contributed by atoms with Crippen LogP contribution in [0.2, 0.25) is 0 Å². The number of nitrogens with zero attached hydrogens (tertiary/aromatic N) is 1. The number of carbonyl (C=O) groups is 1. The maximum Gasteiger partial charge on any atom is 0.262 e. The van der Waals surface area contributed by atoms with E-state index in [0.29, 0.717) is 0 Å². The summed E-state index contributed by atoms with van der Waals surface area (Å²) >= 11 is 0. The SMILES string of the molecule is CC(Oc1ccc2c(c1)C(N)CCC2)C(=O)N(C)C. The maximum absolute atomic E-state index is 11.8. The van der Waals surface area contributed by atoms with Crippen LogP contribution in [-0.2, 0) is 11.2 Å². The lowest BCUT2D eigenvalue weighted by atomic mass is 9.88. The van der Waals surface area contributed by atoms with Gasteiger partial charge in [-0.1, -0.05) is 6.07 Å². The smallest absolute Gasteiger partial charge is 0.262 e. The predicted octanol–water partition coefficient (Wildman–Crippen LogP) is 1.88. The van der Waals surface area contributed by atoms with Gasteiger partial charge >= 0.3 is 0 Å². The molecule has 0 saturated carbocycles. The van der Waals surface area contributed by atoms with E-state index in [1.54, 1.807) is 21.0 Å². The third-order valence-electron chi connectivity index (χ3n) is 3.58. The van der Waals surface area contributed by atoms with Gasteiger partial charge in [0, 0.05) is 20.1 Å². The second-order valence-corrected chi connectivity index (χ2v) is 5.35. The fraction of sp³-hybridized carbons (Fsp3) is 0.533. The molecule has 4 heteroatoms. The Hall–Kier alpha value is -1.55. The summed E-state index contributed by atoms with van der Waals surface area (Å²) in [5.41, 5.74) is 8.59. The molecule has 0 aromatic heterocycles. The van der Waals surface area contributed by atoms with Gasteiger partial charge in [0.25, 0.3) is 5.91 Å². The van der Waals surface area contributed by atoms with Crippen LogP contribution in [0.5, 0.6) is 5.75 Å². The van der Waals surface area contributed by atoms with E-state index in [9.17, 15) is 4.79 Å². The highest BCUT2D eigenvalue weighted by Gasteiger charge is 2.20. The molecule has 0 spiro atoms. The van der Waals surface area contributed by atoms with Crippen molar-refractivity contribution in [2.75, 3.05) is 14.1 Å². The number of likely N-dealkylation sites (N-methyl/N-ethyl adjacent to an activating group) is 1. The summed E-state index contributed by atoms with van der Waals surface area (Å²) < 4.78 is 5.71. The van der Waals surface area contributed by atoms with Gasteiger partial charge in [0.1, 0.15) is 5.75 Å². The Morgan fingerprint density at radius 2 is 2.21 bits per heavy atom. The molecule has 0 saturated heterocycles. The lowest BCUT2D eigenvalue weighted by Crippen LogP contribution is -2.35. The van der Waals surface area contributed by atoms with Crippen LogP contribution in [0.3, 0.4) is 0 Å². The van der Waals surface area contributed by atoms with Gasteiger partial charge in [-0.2, -0.15) is 0 Å². The van der Waals surface area contributed by atoms with E-state index in [1.807, 2.05) is 12.1 Å². The van der Waals surface area contributed by atoms with Crippen LogP contribution in [0.15, 0.2) is 18.2 Å². The van der Waals surface area contributed by atoms with E-state index in [1.165, 1.54) is 10.5 Å². The first-order valence-corrected chi connectivity index (χ1v) is 6.75. The molecule has 1 aromatic rings. The minimum Gasteiger partial charge on any atom is -0.481 e. The molecule has 1 amide bonds. The number of amides is 1. The highest BCUT2D eigenvalue weighted by molar-refractivity contribution is 5.80. The van der Waals surface area contributed by atoms with Gasteiger partial charge in [0.2, 0.25) is 0 Å². The summed E-state index contributed by atoms with van der Waals surface area (Å²) in [6.07, 6.45) is 2.76. The summed E-state index contributed by atoms with van der Waals surface area (Å²) in [6, 6.07) is 6.07. The quantitative estimate of drug-likeness (QED) is 0.905. The Balaban J connectivity index is 2.14. The minimum absolute atomic E-state index is 0.0398. The van der Waals surface area contributed by atoms with Crippen molar-refractivity contribution in [3.05, 3.63) is 29.3 Å². The van der Waals surface area contributed by atoms with Crippen LogP contribution in [0.1, 0.15) is 36.9 Å².